The molecular weight excluding hydrogens is 96.1 g/mol. The summed E-state index contributed by atoms with van der Waals surface area (Å²) in [4.78, 5) is 0. The lowest BCUT2D eigenvalue weighted by molar-refractivity contribution is 0.603. The lowest BCUT2D eigenvalue weighted by atomic mass is 10.2. The highest BCUT2D eigenvalue weighted by molar-refractivity contribution is 5.14. The standard InChI is InChI=1S/C8H12/c1-4-6-2-5-3-7(5)8(4)6/h4-8H,2-3H2,1H3. The third-order valence-corrected chi connectivity index (χ3v) is 3.68. The Bertz CT molecular complexity index is 137. The summed E-state index contributed by atoms with van der Waals surface area (Å²) >= 11 is 0. The van der Waals surface area contributed by atoms with E-state index in [1.54, 1.807) is 12.8 Å². The van der Waals surface area contributed by atoms with Crippen molar-refractivity contribution in [3.8, 4) is 0 Å². The van der Waals surface area contributed by atoms with Gasteiger partial charge in [-0.1, -0.05) is 6.92 Å². The zero-order chi connectivity index (χ0) is 5.30. The first kappa shape index (κ1) is 3.92. The molecule has 8 heavy (non-hydrogen) atoms. The quantitative estimate of drug-likeness (QED) is 0.444. The van der Waals surface area contributed by atoms with E-state index in [0.717, 1.165) is 5.92 Å². The smallest absolute Gasteiger partial charge is 0.0323 e. The van der Waals surface area contributed by atoms with Crippen LogP contribution in [-0.4, -0.2) is 0 Å². The summed E-state index contributed by atoms with van der Waals surface area (Å²) in [6.07, 6.45) is 3.21. The van der Waals surface area contributed by atoms with Crippen LogP contribution in [-0.2, 0) is 0 Å². The fraction of sp³-hybridized carbons (Fsp3) is 1.00. The highest BCUT2D eigenvalue weighted by Gasteiger charge is 2.65. The van der Waals surface area contributed by atoms with Gasteiger partial charge in [-0.2, -0.15) is 0 Å². The second-order valence-corrected chi connectivity index (χ2v) is 4.00. The van der Waals surface area contributed by atoms with Gasteiger partial charge in [0.1, 0.15) is 0 Å². The molecule has 0 aromatic rings. The maximum absolute atomic E-state index is 2.43. The molecule has 0 aliphatic heterocycles. The monoisotopic (exact) mass is 108 g/mol. The van der Waals surface area contributed by atoms with Gasteiger partial charge in [-0.05, 0) is 42.4 Å². The second kappa shape index (κ2) is 0.872. The Balaban J connectivity index is 1.93. The molecule has 0 amide bonds. The largest absolute Gasteiger partial charge is 0.0619 e. The van der Waals surface area contributed by atoms with Crippen molar-refractivity contribution in [2.75, 3.05) is 0 Å². The molecule has 0 heteroatoms. The Morgan fingerprint density at radius 1 is 1.12 bits per heavy atom. The summed E-state index contributed by atoms with van der Waals surface area (Å²) in [5.41, 5.74) is 0. The molecule has 3 saturated carbocycles. The summed E-state index contributed by atoms with van der Waals surface area (Å²) in [6, 6.07) is 0. The highest BCUT2D eigenvalue weighted by atomic mass is 14.7. The van der Waals surface area contributed by atoms with E-state index in [1.807, 2.05) is 0 Å². The Labute approximate surface area is 50.3 Å². The van der Waals surface area contributed by atoms with Crippen molar-refractivity contribution in [1.29, 1.82) is 0 Å². The average Bonchev–Trinajstić information content (AvgIpc) is 2.57. The van der Waals surface area contributed by atoms with E-state index in [1.165, 1.54) is 23.7 Å². The predicted octanol–water partition coefficient (Wildman–Crippen LogP) is 1.91. The van der Waals surface area contributed by atoms with Crippen molar-refractivity contribution in [2.24, 2.45) is 29.6 Å². The molecule has 0 N–H and O–H groups in total. The van der Waals surface area contributed by atoms with E-state index in [2.05, 4.69) is 6.92 Å². The molecule has 0 aromatic carbocycles. The molecule has 3 fully saturated rings. The molecule has 3 aliphatic carbocycles. The average molecular weight is 108 g/mol. The Morgan fingerprint density at radius 3 is 2.38 bits per heavy atom. The number of hydrogen-bond acceptors (Lipinski definition) is 0. The summed E-state index contributed by atoms with van der Waals surface area (Å²) in [5.74, 6) is 6.02. The van der Waals surface area contributed by atoms with Crippen molar-refractivity contribution in [1.82, 2.24) is 0 Å². The zero-order valence-electron chi connectivity index (χ0n) is 5.30. The van der Waals surface area contributed by atoms with Crippen LogP contribution in [0.2, 0.25) is 0 Å². The van der Waals surface area contributed by atoms with Gasteiger partial charge in [0.2, 0.25) is 0 Å². The molecule has 0 nitrogen and oxygen atoms in total. The number of hydrogen-bond donors (Lipinski definition) is 0. The van der Waals surface area contributed by atoms with Crippen LogP contribution in [0.1, 0.15) is 19.8 Å². The van der Waals surface area contributed by atoms with Gasteiger partial charge in [-0.25, -0.2) is 0 Å². The van der Waals surface area contributed by atoms with Crippen molar-refractivity contribution >= 4 is 0 Å². The molecule has 44 valence electrons. The maximum atomic E-state index is 2.43. The van der Waals surface area contributed by atoms with E-state index < -0.39 is 0 Å². The second-order valence-electron chi connectivity index (χ2n) is 4.00. The fourth-order valence-corrected chi connectivity index (χ4v) is 3.02. The van der Waals surface area contributed by atoms with Gasteiger partial charge in [-0.3, -0.25) is 0 Å². The molecule has 3 rings (SSSR count). The van der Waals surface area contributed by atoms with Crippen molar-refractivity contribution in [3.05, 3.63) is 0 Å². The minimum absolute atomic E-state index is 1.14. The molecule has 3 aliphatic rings. The van der Waals surface area contributed by atoms with Crippen LogP contribution in [0.3, 0.4) is 0 Å². The molecule has 0 bridgehead atoms. The fourth-order valence-electron chi connectivity index (χ4n) is 3.02. The third kappa shape index (κ3) is 0.260. The number of rotatable bonds is 0. The van der Waals surface area contributed by atoms with E-state index in [4.69, 9.17) is 0 Å². The van der Waals surface area contributed by atoms with E-state index in [-0.39, 0.29) is 0 Å². The van der Waals surface area contributed by atoms with E-state index >= 15 is 0 Å². The normalized spacial score (nSPS) is 73.9. The molecule has 5 unspecified atom stereocenters. The molecule has 0 saturated heterocycles. The van der Waals surface area contributed by atoms with Crippen molar-refractivity contribution in [2.45, 2.75) is 19.8 Å². The Morgan fingerprint density at radius 2 is 1.88 bits per heavy atom. The predicted molar refractivity (Wildman–Crippen MR) is 32.4 cm³/mol. The minimum Gasteiger partial charge on any atom is -0.0619 e. The van der Waals surface area contributed by atoms with Gasteiger partial charge >= 0.3 is 0 Å². The minimum atomic E-state index is 1.14. The molecule has 0 radical (unpaired) electrons. The summed E-state index contributed by atoms with van der Waals surface area (Å²) in [7, 11) is 0. The first-order chi connectivity index (χ1) is 3.88. The zero-order valence-corrected chi connectivity index (χ0v) is 5.30. The summed E-state index contributed by atoms with van der Waals surface area (Å²) in [5, 5.41) is 0. The lowest BCUT2D eigenvalue weighted by Gasteiger charge is -1.89. The first-order valence-electron chi connectivity index (χ1n) is 3.88. The van der Waals surface area contributed by atoms with Crippen LogP contribution in [0, 0.1) is 29.6 Å². The molecular formula is C8H12. The van der Waals surface area contributed by atoms with E-state index in [9.17, 15) is 0 Å². The number of fused-ring (bicyclic) bond motifs is 3. The Hall–Kier alpha value is 0. The molecule has 0 spiro atoms. The SMILES string of the molecule is CC1C2CC3CC3C12. The maximum Gasteiger partial charge on any atom is -0.0323 e. The van der Waals surface area contributed by atoms with Crippen LogP contribution in [0.25, 0.3) is 0 Å². The van der Waals surface area contributed by atoms with Crippen LogP contribution in [0.4, 0.5) is 0 Å². The summed E-state index contributed by atoms with van der Waals surface area (Å²) in [6.45, 7) is 2.43. The van der Waals surface area contributed by atoms with Crippen LogP contribution < -0.4 is 0 Å². The van der Waals surface area contributed by atoms with Gasteiger partial charge in [-0.15, -0.1) is 0 Å². The molecule has 5 atom stereocenters. The van der Waals surface area contributed by atoms with Crippen LogP contribution >= 0.6 is 0 Å². The van der Waals surface area contributed by atoms with Crippen LogP contribution in [0.15, 0.2) is 0 Å². The molecule has 0 aromatic heterocycles. The lowest BCUT2D eigenvalue weighted by Crippen LogP contribution is -1.82. The van der Waals surface area contributed by atoms with Gasteiger partial charge in [0, 0.05) is 0 Å². The van der Waals surface area contributed by atoms with Crippen LogP contribution in [0.5, 0.6) is 0 Å². The van der Waals surface area contributed by atoms with Crippen molar-refractivity contribution < 1.29 is 0 Å². The van der Waals surface area contributed by atoms with Gasteiger partial charge in [0.25, 0.3) is 0 Å². The molecule has 0 heterocycles. The topological polar surface area (TPSA) is 0 Å². The van der Waals surface area contributed by atoms with Gasteiger partial charge in [0.05, 0.1) is 0 Å². The highest BCUT2D eigenvalue weighted by Crippen LogP contribution is 2.72. The van der Waals surface area contributed by atoms with Gasteiger partial charge in [0.15, 0.2) is 0 Å². The summed E-state index contributed by atoms with van der Waals surface area (Å²) < 4.78 is 0. The third-order valence-electron chi connectivity index (χ3n) is 3.68. The Kier molecular flexibility index (Phi) is 0.427. The van der Waals surface area contributed by atoms with Crippen molar-refractivity contribution in [3.63, 3.8) is 0 Å². The first-order valence-corrected chi connectivity index (χ1v) is 3.88. The van der Waals surface area contributed by atoms with Gasteiger partial charge < -0.3 is 0 Å². The van der Waals surface area contributed by atoms with E-state index in [0.29, 0.717) is 0 Å².